The first-order chi connectivity index (χ1) is 9.52. The van der Waals surface area contributed by atoms with Gasteiger partial charge in [0.2, 0.25) is 0 Å². The molecule has 0 amide bonds. The van der Waals surface area contributed by atoms with Crippen molar-refractivity contribution in [3.63, 3.8) is 0 Å². The van der Waals surface area contributed by atoms with Crippen LogP contribution in [0.4, 0.5) is 0 Å². The topological polar surface area (TPSA) is 67.8 Å². The molecule has 0 fully saturated rings. The Bertz CT molecular complexity index is 409. The minimum absolute atomic E-state index is 0. The Hall–Kier alpha value is -1.14. The number of benzene rings is 1. The van der Waals surface area contributed by atoms with Crippen LogP contribution in [0.5, 0.6) is 5.75 Å². The molecule has 21 heavy (non-hydrogen) atoms. The van der Waals surface area contributed by atoms with E-state index in [9.17, 15) is 9.90 Å². The largest absolute Gasteiger partial charge is 0.491 e. The minimum Gasteiger partial charge on any atom is -0.491 e. The summed E-state index contributed by atoms with van der Waals surface area (Å²) >= 11 is 0. The summed E-state index contributed by atoms with van der Waals surface area (Å²) in [7, 11) is 1.49. The van der Waals surface area contributed by atoms with Crippen molar-refractivity contribution in [3.8, 4) is 5.75 Å². The second-order valence-electron chi connectivity index (χ2n) is 4.91. The number of ketones is 1. The molecule has 1 rings (SSSR count). The Morgan fingerprint density at radius 1 is 1.29 bits per heavy atom. The number of aliphatic hydroxyl groups is 1. The number of halogens is 1. The van der Waals surface area contributed by atoms with E-state index in [4.69, 9.17) is 9.47 Å². The van der Waals surface area contributed by atoms with Gasteiger partial charge in [0.05, 0.1) is 0 Å². The molecule has 6 heteroatoms. The van der Waals surface area contributed by atoms with Crippen LogP contribution in [-0.2, 0) is 4.74 Å². The number of ether oxygens (including phenoxy) is 2. The predicted octanol–water partition coefficient (Wildman–Crippen LogP) is 1.68. The van der Waals surface area contributed by atoms with Crippen LogP contribution in [0.15, 0.2) is 24.3 Å². The first kappa shape index (κ1) is 19.9. The van der Waals surface area contributed by atoms with Gasteiger partial charge in [-0.2, -0.15) is 0 Å². The molecule has 5 nitrogen and oxygen atoms in total. The molecule has 0 spiro atoms. The molecular weight excluding hydrogens is 294 g/mol. The Labute approximate surface area is 132 Å². The number of aliphatic hydroxyl groups excluding tert-OH is 1. The van der Waals surface area contributed by atoms with Gasteiger partial charge in [0.25, 0.3) is 0 Å². The van der Waals surface area contributed by atoms with Gasteiger partial charge in [0.1, 0.15) is 25.1 Å². The summed E-state index contributed by atoms with van der Waals surface area (Å²) in [6.45, 7) is 4.81. The number of hydrogen-bond acceptors (Lipinski definition) is 5. The third kappa shape index (κ3) is 8.02. The standard InChI is InChI=1S/C15H23NO4.ClH/c1-11(2)16-8-13(17)9-20-14-6-4-12(5-7-14)15(18)10-19-3;/h4-7,11,13,16-17H,8-10H2,1-3H3;1H. The Morgan fingerprint density at radius 2 is 1.90 bits per heavy atom. The lowest BCUT2D eigenvalue weighted by Crippen LogP contribution is -2.35. The zero-order valence-electron chi connectivity index (χ0n) is 12.7. The smallest absolute Gasteiger partial charge is 0.188 e. The third-order valence-electron chi connectivity index (χ3n) is 2.66. The van der Waals surface area contributed by atoms with Gasteiger partial charge in [0, 0.05) is 25.3 Å². The molecule has 0 saturated heterocycles. The minimum atomic E-state index is -0.563. The van der Waals surface area contributed by atoms with Crippen LogP contribution >= 0.6 is 12.4 Å². The molecule has 0 saturated carbocycles. The van der Waals surface area contributed by atoms with Gasteiger partial charge in [-0.15, -0.1) is 12.4 Å². The molecule has 0 aliphatic carbocycles. The fourth-order valence-corrected chi connectivity index (χ4v) is 1.57. The molecule has 1 aromatic carbocycles. The summed E-state index contributed by atoms with van der Waals surface area (Å²) in [5.74, 6) is 0.558. The molecule has 1 unspecified atom stereocenters. The SMILES string of the molecule is COCC(=O)c1ccc(OCC(O)CNC(C)C)cc1.Cl. The lowest BCUT2D eigenvalue weighted by molar-refractivity contribution is 0.0847. The van der Waals surface area contributed by atoms with Crippen LogP contribution in [0.1, 0.15) is 24.2 Å². The zero-order valence-corrected chi connectivity index (χ0v) is 13.5. The van der Waals surface area contributed by atoms with E-state index < -0.39 is 6.10 Å². The van der Waals surface area contributed by atoms with Gasteiger partial charge in [-0.1, -0.05) is 13.8 Å². The fraction of sp³-hybridized carbons (Fsp3) is 0.533. The highest BCUT2D eigenvalue weighted by Crippen LogP contribution is 2.13. The number of rotatable bonds is 9. The fourth-order valence-electron chi connectivity index (χ4n) is 1.57. The van der Waals surface area contributed by atoms with Gasteiger partial charge >= 0.3 is 0 Å². The number of hydrogen-bond donors (Lipinski definition) is 2. The third-order valence-corrected chi connectivity index (χ3v) is 2.66. The molecule has 0 heterocycles. The van der Waals surface area contributed by atoms with Crippen molar-refractivity contribution in [2.45, 2.75) is 26.0 Å². The summed E-state index contributed by atoms with van der Waals surface area (Å²) in [6, 6.07) is 7.14. The lowest BCUT2D eigenvalue weighted by atomic mass is 10.1. The lowest BCUT2D eigenvalue weighted by Gasteiger charge is -2.15. The number of methoxy groups -OCH3 is 1. The maximum atomic E-state index is 11.6. The summed E-state index contributed by atoms with van der Waals surface area (Å²) in [4.78, 5) is 11.6. The zero-order chi connectivity index (χ0) is 15.0. The van der Waals surface area contributed by atoms with Crippen LogP contribution in [-0.4, -0.2) is 49.9 Å². The molecule has 1 aromatic rings. The summed E-state index contributed by atoms with van der Waals surface area (Å²) in [5, 5.41) is 12.8. The highest BCUT2D eigenvalue weighted by molar-refractivity contribution is 5.97. The highest BCUT2D eigenvalue weighted by Gasteiger charge is 2.08. The van der Waals surface area contributed by atoms with E-state index in [0.29, 0.717) is 23.9 Å². The first-order valence-corrected chi connectivity index (χ1v) is 6.69. The summed E-state index contributed by atoms with van der Waals surface area (Å²) in [6.07, 6.45) is -0.563. The maximum Gasteiger partial charge on any atom is 0.188 e. The van der Waals surface area contributed by atoms with E-state index in [-0.39, 0.29) is 31.4 Å². The number of Topliss-reactive ketones (excluding diaryl/α,β-unsaturated/α-hetero) is 1. The van der Waals surface area contributed by atoms with Crippen molar-refractivity contribution in [1.29, 1.82) is 0 Å². The van der Waals surface area contributed by atoms with Crippen molar-refractivity contribution >= 4 is 18.2 Å². The molecule has 0 aromatic heterocycles. The Kier molecular flexibility index (Phi) is 9.99. The van der Waals surface area contributed by atoms with Gasteiger partial charge < -0.3 is 19.9 Å². The molecule has 0 bridgehead atoms. The van der Waals surface area contributed by atoms with E-state index in [1.807, 2.05) is 13.8 Å². The Morgan fingerprint density at radius 3 is 2.43 bits per heavy atom. The Balaban J connectivity index is 0.00000400. The van der Waals surface area contributed by atoms with Crippen molar-refractivity contribution in [3.05, 3.63) is 29.8 Å². The van der Waals surface area contributed by atoms with Gasteiger partial charge in [0.15, 0.2) is 5.78 Å². The van der Waals surface area contributed by atoms with E-state index in [0.717, 1.165) is 0 Å². The van der Waals surface area contributed by atoms with Gasteiger partial charge in [-0.25, -0.2) is 0 Å². The molecule has 2 N–H and O–H groups in total. The molecular formula is C15H24ClNO4. The molecule has 1 atom stereocenters. The normalized spacial score (nSPS) is 11.9. The first-order valence-electron chi connectivity index (χ1n) is 6.69. The number of nitrogens with one attached hydrogen (secondary N) is 1. The summed E-state index contributed by atoms with van der Waals surface area (Å²) in [5.41, 5.74) is 0.584. The summed E-state index contributed by atoms with van der Waals surface area (Å²) < 4.78 is 10.3. The van der Waals surface area contributed by atoms with E-state index in [1.54, 1.807) is 24.3 Å². The molecule has 0 aliphatic heterocycles. The monoisotopic (exact) mass is 317 g/mol. The molecule has 0 aliphatic rings. The van der Waals surface area contributed by atoms with Crippen molar-refractivity contribution in [2.24, 2.45) is 0 Å². The van der Waals surface area contributed by atoms with Crippen LogP contribution in [0, 0.1) is 0 Å². The average Bonchev–Trinajstić information content (AvgIpc) is 2.43. The average molecular weight is 318 g/mol. The predicted molar refractivity (Wildman–Crippen MR) is 84.5 cm³/mol. The van der Waals surface area contributed by atoms with Crippen LogP contribution in [0.25, 0.3) is 0 Å². The van der Waals surface area contributed by atoms with Crippen molar-refractivity contribution in [2.75, 3.05) is 26.9 Å². The van der Waals surface area contributed by atoms with E-state index in [2.05, 4.69) is 5.32 Å². The molecule has 0 radical (unpaired) electrons. The highest BCUT2D eigenvalue weighted by atomic mass is 35.5. The number of carbonyl (C=O) groups is 1. The number of carbonyl (C=O) groups excluding carboxylic acids is 1. The second kappa shape index (κ2) is 10.6. The van der Waals surface area contributed by atoms with E-state index >= 15 is 0 Å². The quantitative estimate of drug-likeness (QED) is 0.678. The van der Waals surface area contributed by atoms with Crippen LogP contribution in [0.2, 0.25) is 0 Å². The maximum absolute atomic E-state index is 11.6. The van der Waals surface area contributed by atoms with Crippen molar-refractivity contribution in [1.82, 2.24) is 5.32 Å². The van der Waals surface area contributed by atoms with Crippen LogP contribution < -0.4 is 10.1 Å². The van der Waals surface area contributed by atoms with Gasteiger partial charge in [-0.05, 0) is 24.3 Å². The molecule has 120 valence electrons. The van der Waals surface area contributed by atoms with Crippen molar-refractivity contribution < 1.29 is 19.4 Å². The van der Waals surface area contributed by atoms with Gasteiger partial charge in [-0.3, -0.25) is 4.79 Å². The van der Waals surface area contributed by atoms with Crippen LogP contribution in [0.3, 0.4) is 0 Å². The van der Waals surface area contributed by atoms with E-state index in [1.165, 1.54) is 7.11 Å². The second-order valence-corrected chi connectivity index (χ2v) is 4.91.